The van der Waals surface area contributed by atoms with E-state index in [4.69, 9.17) is 4.42 Å². The molecule has 0 spiro atoms. The van der Waals surface area contributed by atoms with Crippen molar-refractivity contribution in [3.8, 4) is 0 Å². The first-order valence-electron chi connectivity index (χ1n) is 4.88. The number of aromatic nitrogens is 1. The van der Waals surface area contributed by atoms with Crippen molar-refractivity contribution in [1.82, 2.24) is 10.3 Å². The predicted molar refractivity (Wildman–Crippen MR) is 68.4 cm³/mol. The minimum atomic E-state index is -0.458. The van der Waals surface area contributed by atoms with Gasteiger partial charge in [-0.1, -0.05) is 11.8 Å². The van der Waals surface area contributed by atoms with Gasteiger partial charge in [0.15, 0.2) is 0 Å². The molecule has 1 heterocycles. The van der Waals surface area contributed by atoms with Crippen LogP contribution in [-0.4, -0.2) is 28.5 Å². The number of oxazole rings is 1. The van der Waals surface area contributed by atoms with Crippen molar-refractivity contribution in [2.75, 3.05) is 18.6 Å². The standard InChI is InChI=1S/C9H13N3O3S2/c1-16-8(7-12(13)14)10-3-2-6-17-9-11-4-5-15-9/h4-5,7,10H,2-3,6H2,1H3. The van der Waals surface area contributed by atoms with Gasteiger partial charge < -0.3 is 9.73 Å². The Kier molecular flexibility index (Phi) is 6.56. The first-order valence-corrected chi connectivity index (χ1v) is 7.09. The molecule has 6 nitrogen and oxygen atoms in total. The van der Waals surface area contributed by atoms with Gasteiger partial charge in [0.2, 0.25) is 0 Å². The van der Waals surface area contributed by atoms with Crippen LogP contribution in [0.4, 0.5) is 0 Å². The monoisotopic (exact) mass is 275 g/mol. The van der Waals surface area contributed by atoms with Crippen LogP contribution in [0, 0.1) is 10.1 Å². The van der Waals surface area contributed by atoms with Gasteiger partial charge in [-0.15, -0.1) is 11.8 Å². The summed E-state index contributed by atoms with van der Waals surface area (Å²) in [4.78, 5) is 13.8. The Morgan fingerprint density at radius 3 is 3.18 bits per heavy atom. The van der Waals surface area contributed by atoms with Crippen LogP contribution in [0.25, 0.3) is 0 Å². The number of nitrogens with one attached hydrogen (secondary N) is 1. The summed E-state index contributed by atoms with van der Waals surface area (Å²) in [5.41, 5.74) is 0. The van der Waals surface area contributed by atoms with Crippen LogP contribution in [0.5, 0.6) is 0 Å². The van der Waals surface area contributed by atoms with E-state index in [0.717, 1.165) is 18.4 Å². The van der Waals surface area contributed by atoms with Crippen LogP contribution < -0.4 is 5.32 Å². The summed E-state index contributed by atoms with van der Waals surface area (Å²) in [5, 5.41) is 14.5. The molecular formula is C9H13N3O3S2. The van der Waals surface area contributed by atoms with E-state index in [1.165, 1.54) is 29.8 Å². The van der Waals surface area contributed by atoms with Gasteiger partial charge in [0, 0.05) is 12.3 Å². The summed E-state index contributed by atoms with van der Waals surface area (Å²) in [5.74, 6) is 0.855. The first-order chi connectivity index (χ1) is 8.22. The Morgan fingerprint density at radius 1 is 1.76 bits per heavy atom. The van der Waals surface area contributed by atoms with Crippen LogP contribution in [0.15, 0.2) is 33.3 Å². The van der Waals surface area contributed by atoms with E-state index in [0.29, 0.717) is 16.8 Å². The van der Waals surface area contributed by atoms with E-state index in [2.05, 4.69) is 10.3 Å². The molecular weight excluding hydrogens is 262 g/mol. The maximum Gasteiger partial charge on any atom is 0.263 e. The molecule has 0 saturated carbocycles. The van der Waals surface area contributed by atoms with Crippen molar-refractivity contribution in [3.63, 3.8) is 0 Å². The third-order valence-electron chi connectivity index (χ3n) is 1.70. The first kappa shape index (κ1) is 13.9. The Morgan fingerprint density at radius 2 is 2.59 bits per heavy atom. The fraction of sp³-hybridized carbons (Fsp3) is 0.444. The highest BCUT2D eigenvalue weighted by Gasteiger charge is 2.01. The van der Waals surface area contributed by atoms with Gasteiger partial charge >= 0.3 is 0 Å². The lowest BCUT2D eigenvalue weighted by molar-refractivity contribution is -0.403. The Bertz CT molecular complexity index is 368. The summed E-state index contributed by atoms with van der Waals surface area (Å²) < 4.78 is 5.06. The van der Waals surface area contributed by atoms with Crippen LogP contribution in [0.1, 0.15) is 6.42 Å². The molecule has 17 heavy (non-hydrogen) atoms. The molecule has 0 atom stereocenters. The molecule has 0 aliphatic heterocycles. The SMILES string of the molecule is CSC(=C[N+](=O)[O-])NCCCSc1ncco1. The number of thioether (sulfide) groups is 2. The number of hydrogen-bond donors (Lipinski definition) is 1. The summed E-state index contributed by atoms with van der Waals surface area (Å²) in [6.45, 7) is 0.689. The molecule has 1 aromatic rings. The van der Waals surface area contributed by atoms with E-state index in [1.54, 1.807) is 12.5 Å². The summed E-state index contributed by atoms with van der Waals surface area (Å²) >= 11 is 2.85. The van der Waals surface area contributed by atoms with Gasteiger partial charge in [-0.3, -0.25) is 10.1 Å². The van der Waals surface area contributed by atoms with Crippen molar-refractivity contribution in [2.24, 2.45) is 0 Å². The fourth-order valence-electron chi connectivity index (χ4n) is 0.991. The minimum absolute atomic E-state index is 0.458. The number of rotatable bonds is 8. The van der Waals surface area contributed by atoms with Crippen LogP contribution >= 0.6 is 23.5 Å². The Balaban J connectivity index is 2.13. The average Bonchev–Trinajstić information content (AvgIpc) is 2.79. The van der Waals surface area contributed by atoms with Crippen molar-refractivity contribution >= 4 is 23.5 Å². The predicted octanol–water partition coefficient (Wildman–Crippen LogP) is 2.18. The van der Waals surface area contributed by atoms with Gasteiger partial charge in [-0.25, -0.2) is 4.98 Å². The molecule has 0 amide bonds. The number of hydrogen-bond acceptors (Lipinski definition) is 7. The summed E-state index contributed by atoms with van der Waals surface area (Å²) in [6.07, 6.45) is 6.79. The minimum Gasteiger partial charge on any atom is -0.440 e. The highest BCUT2D eigenvalue weighted by Crippen LogP contribution is 2.15. The summed E-state index contributed by atoms with van der Waals surface area (Å²) in [7, 11) is 0. The van der Waals surface area contributed by atoms with E-state index in [-0.39, 0.29) is 0 Å². The number of nitrogens with zero attached hydrogens (tertiary/aromatic N) is 2. The molecule has 1 rings (SSSR count). The maximum atomic E-state index is 10.3. The van der Waals surface area contributed by atoms with Crippen molar-refractivity contribution < 1.29 is 9.34 Å². The van der Waals surface area contributed by atoms with Crippen LogP contribution in [0.3, 0.4) is 0 Å². The van der Waals surface area contributed by atoms with Crippen molar-refractivity contribution in [2.45, 2.75) is 11.6 Å². The van der Waals surface area contributed by atoms with Crippen LogP contribution in [-0.2, 0) is 0 Å². The van der Waals surface area contributed by atoms with Crippen molar-refractivity contribution in [1.29, 1.82) is 0 Å². The molecule has 0 aliphatic rings. The molecule has 94 valence electrons. The van der Waals surface area contributed by atoms with E-state index < -0.39 is 4.92 Å². The highest BCUT2D eigenvalue weighted by molar-refractivity contribution is 8.02. The molecule has 0 radical (unpaired) electrons. The molecule has 0 aliphatic carbocycles. The second-order valence-electron chi connectivity index (χ2n) is 2.91. The second kappa shape index (κ2) is 8.02. The Hall–Kier alpha value is -1.15. The third kappa shape index (κ3) is 6.22. The maximum absolute atomic E-state index is 10.3. The van der Waals surface area contributed by atoms with E-state index >= 15 is 0 Å². The smallest absolute Gasteiger partial charge is 0.263 e. The lowest BCUT2D eigenvalue weighted by Gasteiger charge is -2.04. The molecule has 1 aromatic heterocycles. The summed E-state index contributed by atoms with van der Waals surface area (Å²) in [6, 6.07) is 0. The fourth-order valence-corrected chi connectivity index (χ4v) is 2.15. The van der Waals surface area contributed by atoms with Gasteiger partial charge in [0.05, 0.1) is 11.1 Å². The normalized spacial score (nSPS) is 11.5. The quantitative estimate of drug-likeness (QED) is 0.337. The van der Waals surface area contributed by atoms with E-state index in [1.807, 2.05) is 0 Å². The zero-order valence-corrected chi connectivity index (χ0v) is 10.9. The van der Waals surface area contributed by atoms with Gasteiger partial charge in [-0.05, 0) is 12.7 Å². The highest BCUT2D eigenvalue weighted by atomic mass is 32.2. The van der Waals surface area contributed by atoms with Crippen molar-refractivity contribution in [3.05, 3.63) is 33.8 Å². The molecule has 0 fully saturated rings. The molecule has 8 heteroatoms. The molecule has 0 bridgehead atoms. The van der Waals surface area contributed by atoms with Gasteiger partial charge in [-0.2, -0.15) is 0 Å². The number of nitro groups is 1. The topological polar surface area (TPSA) is 81.2 Å². The molecule has 0 saturated heterocycles. The third-order valence-corrected chi connectivity index (χ3v) is 3.33. The lowest BCUT2D eigenvalue weighted by atomic mass is 10.5. The molecule has 1 N–H and O–H groups in total. The van der Waals surface area contributed by atoms with E-state index in [9.17, 15) is 10.1 Å². The van der Waals surface area contributed by atoms with Crippen LogP contribution in [0.2, 0.25) is 0 Å². The second-order valence-corrected chi connectivity index (χ2v) is 4.80. The average molecular weight is 275 g/mol. The lowest BCUT2D eigenvalue weighted by Crippen LogP contribution is -2.14. The Labute approximate surface area is 107 Å². The largest absolute Gasteiger partial charge is 0.440 e. The molecule has 0 unspecified atom stereocenters. The zero-order chi connectivity index (χ0) is 12.5. The zero-order valence-electron chi connectivity index (χ0n) is 9.29. The van der Waals surface area contributed by atoms with Gasteiger partial charge in [0.25, 0.3) is 11.4 Å². The van der Waals surface area contributed by atoms with Gasteiger partial charge in [0.1, 0.15) is 11.3 Å². The molecule has 0 aromatic carbocycles.